The Morgan fingerprint density at radius 3 is 1.32 bits per heavy atom. The molecule has 1 heterocycles. The molecule has 0 bridgehead atoms. The Balaban J connectivity index is 2.47. The first-order valence-corrected chi connectivity index (χ1v) is 13.1. The average Bonchev–Trinajstić information content (AvgIpc) is 2.84. The number of hydrogen-bond acceptors (Lipinski definition) is 11. The second kappa shape index (κ2) is 21.5. The van der Waals surface area contributed by atoms with Crippen molar-refractivity contribution in [2.45, 2.75) is 45.3 Å². The van der Waals surface area contributed by atoms with Gasteiger partial charge in [-0.3, -0.25) is 9.59 Å². The third kappa shape index (κ3) is 20.3. The fourth-order valence-corrected chi connectivity index (χ4v) is 3.13. The Morgan fingerprint density at radius 2 is 1.00 bits per heavy atom. The molecule has 0 unspecified atom stereocenters. The SMILES string of the molecule is CC(C)(C)OC(=O)CC[C@H](N)C(=O)N1CCOCCOCCOCCOCCOCCOCCOCC1. The fraction of sp³-hybridized carbons (Fsp3) is 0.920. The fourth-order valence-electron chi connectivity index (χ4n) is 3.13. The molecular formula is C25H48N2O10. The maximum Gasteiger partial charge on any atom is 0.306 e. The van der Waals surface area contributed by atoms with Gasteiger partial charge in [-0.15, -0.1) is 0 Å². The molecule has 2 N–H and O–H groups in total. The topological polar surface area (TPSA) is 137 Å². The quantitative estimate of drug-likeness (QED) is 0.500. The lowest BCUT2D eigenvalue weighted by Gasteiger charge is -2.26. The van der Waals surface area contributed by atoms with Crippen LogP contribution in [0.25, 0.3) is 0 Å². The lowest BCUT2D eigenvalue weighted by molar-refractivity contribution is -0.155. The van der Waals surface area contributed by atoms with E-state index in [0.717, 1.165) is 0 Å². The zero-order valence-corrected chi connectivity index (χ0v) is 22.9. The van der Waals surface area contributed by atoms with Crippen molar-refractivity contribution in [3.63, 3.8) is 0 Å². The number of hydrogen-bond donors (Lipinski definition) is 1. The van der Waals surface area contributed by atoms with Crippen molar-refractivity contribution in [3.8, 4) is 0 Å². The molecule has 1 rings (SSSR count). The molecular weight excluding hydrogens is 488 g/mol. The van der Waals surface area contributed by atoms with E-state index in [1.807, 2.05) is 0 Å². The Bertz CT molecular complexity index is 564. The van der Waals surface area contributed by atoms with Crippen LogP contribution in [-0.4, -0.2) is 134 Å². The summed E-state index contributed by atoms with van der Waals surface area (Å²) in [4.78, 5) is 26.6. The van der Waals surface area contributed by atoms with Gasteiger partial charge in [0.1, 0.15) is 5.60 Å². The summed E-state index contributed by atoms with van der Waals surface area (Å²) in [5.41, 5.74) is 5.53. The van der Waals surface area contributed by atoms with E-state index in [9.17, 15) is 9.59 Å². The second-order valence-electron chi connectivity index (χ2n) is 9.34. The normalized spacial score (nSPS) is 20.9. The first-order chi connectivity index (χ1) is 17.8. The van der Waals surface area contributed by atoms with Gasteiger partial charge in [-0.2, -0.15) is 0 Å². The molecule has 1 aliphatic heterocycles. The third-order valence-electron chi connectivity index (χ3n) is 4.95. The summed E-state index contributed by atoms with van der Waals surface area (Å²) in [5, 5.41) is 0. The van der Waals surface area contributed by atoms with Gasteiger partial charge in [0.2, 0.25) is 5.91 Å². The molecule has 1 fully saturated rings. The van der Waals surface area contributed by atoms with Gasteiger partial charge < -0.3 is 48.5 Å². The van der Waals surface area contributed by atoms with Gasteiger partial charge in [-0.25, -0.2) is 0 Å². The highest BCUT2D eigenvalue weighted by molar-refractivity contribution is 5.82. The highest BCUT2D eigenvalue weighted by Gasteiger charge is 2.23. The van der Waals surface area contributed by atoms with E-state index < -0.39 is 11.6 Å². The van der Waals surface area contributed by atoms with Crippen molar-refractivity contribution >= 4 is 11.9 Å². The van der Waals surface area contributed by atoms with Crippen LogP contribution in [0.4, 0.5) is 0 Å². The monoisotopic (exact) mass is 536 g/mol. The minimum absolute atomic E-state index is 0.0696. The maximum absolute atomic E-state index is 13.0. The van der Waals surface area contributed by atoms with Crippen LogP contribution >= 0.6 is 0 Å². The van der Waals surface area contributed by atoms with E-state index in [-0.39, 0.29) is 24.7 Å². The molecule has 0 radical (unpaired) electrons. The number of nitrogens with zero attached hydrogens (tertiary/aromatic N) is 1. The summed E-state index contributed by atoms with van der Waals surface area (Å²) in [6.07, 6.45) is 0.268. The van der Waals surface area contributed by atoms with E-state index in [1.165, 1.54) is 0 Å². The zero-order chi connectivity index (χ0) is 27.2. The Hall–Kier alpha value is -1.38. The lowest BCUT2D eigenvalue weighted by atomic mass is 10.1. The molecule has 37 heavy (non-hydrogen) atoms. The van der Waals surface area contributed by atoms with Gasteiger partial charge in [-0.05, 0) is 27.2 Å². The van der Waals surface area contributed by atoms with Gasteiger partial charge >= 0.3 is 5.97 Å². The highest BCUT2D eigenvalue weighted by atomic mass is 16.6. The Kier molecular flexibility index (Phi) is 19.6. The van der Waals surface area contributed by atoms with Crippen molar-refractivity contribution in [1.29, 1.82) is 0 Å². The number of amides is 1. The van der Waals surface area contributed by atoms with Gasteiger partial charge in [-0.1, -0.05) is 0 Å². The molecule has 1 amide bonds. The average molecular weight is 537 g/mol. The molecule has 1 aliphatic rings. The van der Waals surface area contributed by atoms with Crippen molar-refractivity contribution in [3.05, 3.63) is 0 Å². The van der Waals surface area contributed by atoms with Gasteiger partial charge in [0.05, 0.1) is 98.5 Å². The molecule has 0 aromatic carbocycles. The number of carbonyl (C=O) groups is 2. The van der Waals surface area contributed by atoms with Gasteiger partial charge in [0.15, 0.2) is 0 Å². The predicted molar refractivity (Wildman–Crippen MR) is 135 cm³/mol. The van der Waals surface area contributed by atoms with E-state index in [4.69, 9.17) is 43.6 Å². The molecule has 0 aromatic rings. The number of ether oxygens (including phenoxy) is 8. The minimum atomic E-state index is -0.823. The number of carbonyl (C=O) groups excluding carboxylic acids is 2. The second-order valence-corrected chi connectivity index (χ2v) is 9.34. The third-order valence-corrected chi connectivity index (χ3v) is 4.95. The zero-order valence-electron chi connectivity index (χ0n) is 22.9. The molecule has 12 heteroatoms. The standard InChI is InChI=1S/C25H48N2O10/c1-25(2,3)37-23(28)5-4-22(26)24(29)27-6-8-30-10-12-32-14-16-34-18-20-36-21-19-35-17-15-33-13-11-31-9-7-27/h22H,4-21,26H2,1-3H3/t22-/m0/s1. The molecule has 12 nitrogen and oxygen atoms in total. The molecule has 218 valence electrons. The van der Waals surface area contributed by atoms with Crippen LogP contribution in [0.1, 0.15) is 33.6 Å². The predicted octanol–water partition coefficient (Wildman–Crippen LogP) is 0.394. The van der Waals surface area contributed by atoms with Crippen molar-refractivity contribution in [1.82, 2.24) is 4.90 Å². The number of nitrogens with two attached hydrogens (primary N) is 1. The van der Waals surface area contributed by atoms with Crippen LogP contribution in [0.2, 0.25) is 0 Å². The van der Waals surface area contributed by atoms with Crippen LogP contribution in [0.3, 0.4) is 0 Å². The van der Waals surface area contributed by atoms with Crippen LogP contribution in [-0.2, 0) is 47.5 Å². The van der Waals surface area contributed by atoms with Crippen molar-refractivity contribution < 1.29 is 47.5 Å². The summed E-state index contributed by atoms with van der Waals surface area (Å²) in [7, 11) is 0. The minimum Gasteiger partial charge on any atom is -0.460 e. The number of esters is 1. The van der Waals surface area contributed by atoms with Gasteiger partial charge in [0, 0.05) is 19.5 Å². The summed E-state index contributed by atoms with van der Waals surface area (Å²) in [6, 6.07) is -0.823. The van der Waals surface area contributed by atoms with E-state index in [2.05, 4.69) is 0 Å². The van der Waals surface area contributed by atoms with E-state index >= 15 is 0 Å². The van der Waals surface area contributed by atoms with Crippen molar-refractivity contribution in [2.24, 2.45) is 5.73 Å². The number of rotatable bonds is 4. The van der Waals surface area contributed by atoms with Crippen LogP contribution in [0.5, 0.6) is 0 Å². The van der Waals surface area contributed by atoms with Crippen LogP contribution < -0.4 is 5.73 Å². The first-order valence-electron chi connectivity index (χ1n) is 13.1. The van der Waals surface area contributed by atoms with E-state index in [1.54, 1.807) is 25.7 Å². The smallest absolute Gasteiger partial charge is 0.306 e. The molecule has 0 spiro atoms. The summed E-state index contributed by atoms with van der Waals surface area (Å²) in [5.74, 6) is -0.641. The van der Waals surface area contributed by atoms with Gasteiger partial charge in [0.25, 0.3) is 0 Å². The Morgan fingerprint density at radius 1 is 0.676 bits per heavy atom. The summed E-state index contributed by atoms with van der Waals surface area (Å²) >= 11 is 0. The molecule has 0 aromatic heterocycles. The summed E-state index contributed by atoms with van der Waals surface area (Å²) in [6.45, 7) is 12.2. The maximum atomic E-state index is 13.0. The molecule has 1 saturated heterocycles. The molecule has 0 aliphatic carbocycles. The first kappa shape index (κ1) is 33.6. The Labute approximate surface area is 221 Å². The van der Waals surface area contributed by atoms with Crippen LogP contribution in [0.15, 0.2) is 0 Å². The largest absolute Gasteiger partial charge is 0.460 e. The highest BCUT2D eigenvalue weighted by Crippen LogP contribution is 2.10. The molecule has 0 saturated carbocycles. The van der Waals surface area contributed by atoms with E-state index in [0.29, 0.717) is 106 Å². The molecule has 1 atom stereocenters. The van der Waals surface area contributed by atoms with Crippen LogP contribution in [0, 0.1) is 0 Å². The van der Waals surface area contributed by atoms with Crippen molar-refractivity contribution in [2.75, 3.05) is 106 Å². The lowest BCUT2D eigenvalue weighted by Crippen LogP contribution is -2.46. The summed E-state index contributed by atoms with van der Waals surface area (Å²) < 4.78 is 43.8.